The molecule has 0 amide bonds. The summed E-state index contributed by atoms with van der Waals surface area (Å²) in [6.07, 6.45) is 30.8. The van der Waals surface area contributed by atoms with E-state index in [1.165, 1.54) is 167 Å². The van der Waals surface area contributed by atoms with E-state index in [0.717, 1.165) is 38.5 Å². The summed E-state index contributed by atoms with van der Waals surface area (Å²) >= 11 is 0. The van der Waals surface area contributed by atoms with Gasteiger partial charge in [0.05, 0.1) is 12.9 Å². The maximum Gasteiger partial charge on any atom is 0.472 e. The molecule has 12 nitrogen and oxygen atoms in total. The summed E-state index contributed by atoms with van der Waals surface area (Å²) in [5.74, 6) is -0.494. The first kappa shape index (κ1) is 56.9. The van der Waals surface area contributed by atoms with Crippen molar-refractivity contribution < 1.29 is 58.3 Å². The molecule has 1 fully saturated rings. The quantitative estimate of drug-likeness (QED) is 0.0147. The minimum atomic E-state index is -5.03. The number of ether oxygens (including phenoxy) is 2. The lowest BCUT2D eigenvalue weighted by Crippen LogP contribution is -2.64. The first-order chi connectivity index (χ1) is 29.0. The van der Waals surface area contributed by atoms with E-state index in [-0.39, 0.29) is 13.0 Å². The molecule has 1 saturated carbocycles. The Morgan fingerprint density at radius 3 is 1.27 bits per heavy atom. The third-order valence-corrected chi connectivity index (χ3v) is 12.7. The summed E-state index contributed by atoms with van der Waals surface area (Å²) in [5, 5.41) is 50.2. The second-order valence-corrected chi connectivity index (χ2v) is 18.8. The highest BCUT2D eigenvalue weighted by atomic mass is 31.2. The van der Waals surface area contributed by atoms with Gasteiger partial charge < -0.3 is 39.9 Å². The highest BCUT2D eigenvalue weighted by Gasteiger charge is 2.51. The number of unbranched alkanes of at least 4 members (excludes halogenated alkanes) is 30. The number of rotatable bonds is 42. The van der Waals surface area contributed by atoms with Crippen LogP contribution >= 0.6 is 7.82 Å². The number of esters is 1. The molecule has 6 N–H and O–H groups in total. The van der Waals surface area contributed by atoms with Crippen LogP contribution in [0.3, 0.4) is 0 Å². The van der Waals surface area contributed by atoms with Gasteiger partial charge >= 0.3 is 13.8 Å². The van der Waals surface area contributed by atoms with E-state index in [0.29, 0.717) is 6.42 Å². The Morgan fingerprint density at radius 1 is 0.517 bits per heavy atom. The van der Waals surface area contributed by atoms with E-state index in [1.807, 2.05) is 6.08 Å². The van der Waals surface area contributed by atoms with Gasteiger partial charge in [-0.2, -0.15) is 0 Å². The fraction of sp³-hybridized carbons (Fsp3) is 0.936. The Labute approximate surface area is 365 Å². The topological polar surface area (TPSA) is 192 Å². The standard InChI is InChI=1S/C47H91O12P/c1-3-5-7-9-11-13-15-17-19-20-21-22-23-24-26-28-30-32-34-36-41(48)58-40(38-56-37-35-33-31-29-27-25-18-16-14-12-10-8-6-4-2)39-57-60(54,55)59-47-45(52)43(50)42(49)44(51)46(47)53/h35,37,40,42-47,49-53H,3-34,36,38-39H2,1-2H3,(H,54,55)/b37-35-/t40-,42?,43-,44?,45?,46?,47?/m1/s1. The first-order valence-corrected chi connectivity index (χ1v) is 26.1. The number of allylic oxidation sites excluding steroid dienone is 1. The van der Waals surface area contributed by atoms with Gasteiger partial charge in [0, 0.05) is 6.42 Å². The molecule has 356 valence electrons. The van der Waals surface area contributed by atoms with Crippen LogP contribution in [0, 0.1) is 0 Å². The van der Waals surface area contributed by atoms with Gasteiger partial charge in [-0.1, -0.05) is 200 Å². The summed E-state index contributed by atoms with van der Waals surface area (Å²) in [5.41, 5.74) is 0. The van der Waals surface area contributed by atoms with E-state index in [2.05, 4.69) is 13.8 Å². The Morgan fingerprint density at radius 2 is 0.867 bits per heavy atom. The molecule has 0 aromatic rings. The van der Waals surface area contributed by atoms with Gasteiger partial charge in [0.25, 0.3) is 0 Å². The molecule has 0 saturated heterocycles. The monoisotopic (exact) mass is 879 g/mol. The van der Waals surface area contributed by atoms with Gasteiger partial charge in [0.2, 0.25) is 0 Å². The molecular formula is C47H91O12P. The molecule has 0 spiro atoms. The molecule has 60 heavy (non-hydrogen) atoms. The Hall–Kier alpha value is -1.08. The molecule has 0 aromatic heterocycles. The molecule has 8 atom stereocenters. The van der Waals surface area contributed by atoms with Crippen molar-refractivity contribution in [3.63, 3.8) is 0 Å². The molecule has 1 aliphatic rings. The second kappa shape index (κ2) is 38.4. The highest BCUT2D eigenvalue weighted by molar-refractivity contribution is 7.47. The van der Waals surface area contributed by atoms with E-state index in [4.69, 9.17) is 18.5 Å². The average molecular weight is 879 g/mol. The smallest absolute Gasteiger partial charge is 0.472 e. The lowest BCUT2D eigenvalue weighted by molar-refractivity contribution is -0.220. The third kappa shape index (κ3) is 30.1. The van der Waals surface area contributed by atoms with Crippen molar-refractivity contribution in [2.24, 2.45) is 0 Å². The van der Waals surface area contributed by atoms with Gasteiger partial charge in [-0.05, 0) is 25.3 Å². The fourth-order valence-corrected chi connectivity index (χ4v) is 8.77. The molecule has 1 rings (SSSR count). The zero-order valence-corrected chi connectivity index (χ0v) is 38.9. The summed E-state index contributed by atoms with van der Waals surface area (Å²) in [7, 11) is -5.03. The Balaban J connectivity index is 2.36. The first-order valence-electron chi connectivity index (χ1n) is 24.6. The number of hydrogen-bond donors (Lipinski definition) is 6. The summed E-state index contributed by atoms with van der Waals surface area (Å²) in [6, 6.07) is 0. The molecule has 6 unspecified atom stereocenters. The maximum atomic E-state index is 12.8. The number of carbonyl (C=O) groups excluding carboxylic acids is 1. The largest absolute Gasteiger partial charge is 0.498 e. The molecule has 0 radical (unpaired) electrons. The van der Waals surface area contributed by atoms with Crippen molar-refractivity contribution in [1.82, 2.24) is 0 Å². The number of aliphatic hydroxyl groups is 5. The molecular weight excluding hydrogens is 787 g/mol. The van der Waals surface area contributed by atoms with Gasteiger partial charge in [0.15, 0.2) is 6.10 Å². The molecule has 0 aromatic carbocycles. The number of hydrogen-bond acceptors (Lipinski definition) is 11. The zero-order valence-electron chi connectivity index (χ0n) is 38.0. The number of phosphoric acid groups is 1. The lowest BCUT2D eigenvalue weighted by Gasteiger charge is -2.41. The average Bonchev–Trinajstić information content (AvgIpc) is 3.23. The van der Waals surface area contributed by atoms with Crippen molar-refractivity contribution in [3.05, 3.63) is 12.3 Å². The van der Waals surface area contributed by atoms with Gasteiger partial charge in [-0.25, -0.2) is 4.57 Å². The summed E-state index contributed by atoms with van der Waals surface area (Å²) in [4.78, 5) is 23.2. The van der Waals surface area contributed by atoms with Crippen LogP contribution in [0.4, 0.5) is 0 Å². The minimum Gasteiger partial charge on any atom is -0.498 e. The van der Waals surface area contributed by atoms with Gasteiger partial charge in [-0.15, -0.1) is 0 Å². The lowest BCUT2D eigenvalue weighted by atomic mass is 9.85. The van der Waals surface area contributed by atoms with Crippen LogP contribution in [0.15, 0.2) is 12.3 Å². The number of carbonyl (C=O) groups is 1. The third-order valence-electron chi connectivity index (χ3n) is 11.7. The zero-order chi connectivity index (χ0) is 44.1. The highest BCUT2D eigenvalue weighted by Crippen LogP contribution is 2.47. The van der Waals surface area contributed by atoms with Crippen LogP contribution in [-0.2, 0) is 27.9 Å². The van der Waals surface area contributed by atoms with Crippen molar-refractivity contribution in [3.8, 4) is 0 Å². The summed E-state index contributed by atoms with van der Waals surface area (Å²) in [6.45, 7) is 3.75. The number of phosphoric ester groups is 1. The van der Waals surface area contributed by atoms with Crippen molar-refractivity contribution in [1.29, 1.82) is 0 Å². The SMILES string of the molecule is CCCCCCCCCCCCCC/C=C\OC[C@H](COP(=O)(O)OC1C(O)C(O)C(O)[C@@H](O)C1O)OC(=O)CCCCCCCCCCCCCCCCCCCCC. The molecule has 0 bridgehead atoms. The predicted molar refractivity (Wildman–Crippen MR) is 239 cm³/mol. The van der Waals surface area contributed by atoms with Crippen LogP contribution in [-0.4, -0.2) is 92.3 Å². The van der Waals surface area contributed by atoms with Crippen LogP contribution < -0.4 is 0 Å². The predicted octanol–water partition coefficient (Wildman–Crippen LogP) is 10.7. The normalized spacial score (nSPS) is 22.3. The van der Waals surface area contributed by atoms with Gasteiger partial charge in [0.1, 0.15) is 43.2 Å². The summed E-state index contributed by atoms with van der Waals surface area (Å²) < 4.78 is 34.0. The van der Waals surface area contributed by atoms with E-state index < -0.39 is 63.1 Å². The van der Waals surface area contributed by atoms with Crippen LogP contribution in [0.5, 0.6) is 0 Å². The van der Waals surface area contributed by atoms with Crippen LogP contribution in [0.1, 0.15) is 226 Å². The fourth-order valence-electron chi connectivity index (χ4n) is 7.79. The Bertz CT molecular complexity index is 1050. The molecule has 13 heteroatoms. The minimum absolute atomic E-state index is 0.155. The van der Waals surface area contributed by atoms with Gasteiger partial charge in [-0.3, -0.25) is 13.8 Å². The maximum absolute atomic E-state index is 12.8. The van der Waals surface area contributed by atoms with E-state index >= 15 is 0 Å². The molecule has 0 aliphatic heterocycles. The van der Waals surface area contributed by atoms with E-state index in [1.54, 1.807) is 0 Å². The number of aliphatic hydroxyl groups excluding tert-OH is 5. The van der Waals surface area contributed by atoms with Crippen molar-refractivity contribution in [2.75, 3.05) is 13.2 Å². The Kier molecular flexibility index (Phi) is 36.4. The van der Waals surface area contributed by atoms with Crippen molar-refractivity contribution in [2.45, 2.75) is 268 Å². The van der Waals surface area contributed by atoms with Crippen molar-refractivity contribution >= 4 is 13.8 Å². The van der Waals surface area contributed by atoms with Crippen LogP contribution in [0.25, 0.3) is 0 Å². The molecule has 0 heterocycles. The van der Waals surface area contributed by atoms with E-state index in [9.17, 15) is 39.8 Å². The second-order valence-electron chi connectivity index (χ2n) is 17.4. The van der Waals surface area contributed by atoms with Crippen LogP contribution in [0.2, 0.25) is 0 Å². The molecule has 1 aliphatic carbocycles.